The van der Waals surface area contributed by atoms with E-state index >= 15 is 0 Å². The van der Waals surface area contributed by atoms with Crippen molar-refractivity contribution in [1.29, 1.82) is 0 Å². The van der Waals surface area contributed by atoms with Gasteiger partial charge in [0, 0.05) is 38.6 Å². The van der Waals surface area contributed by atoms with Gasteiger partial charge in [-0.05, 0) is 19.4 Å². The number of benzene rings is 1. The molecule has 3 atom stereocenters. The van der Waals surface area contributed by atoms with Crippen LogP contribution in [0.1, 0.15) is 31.9 Å². The number of amides is 2. The van der Waals surface area contributed by atoms with E-state index in [0.29, 0.717) is 13.0 Å². The van der Waals surface area contributed by atoms with Crippen molar-refractivity contribution >= 4 is 24.2 Å². The Labute approximate surface area is 149 Å². The van der Waals surface area contributed by atoms with E-state index in [4.69, 9.17) is 0 Å². The van der Waals surface area contributed by atoms with Gasteiger partial charge in [-0.3, -0.25) is 9.59 Å². The molecule has 0 aliphatic carbocycles. The van der Waals surface area contributed by atoms with Crippen LogP contribution in [0, 0.1) is 5.92 Å². The van der Waals surface area contributed by atoms with Crippen LogP contribution in [0.4, 0.5) is 0 Å². The molecule has 1 aromatic rings. The fourth-order valence-electron chi connectivity index (χ4n) is 3.59. The molecule has 2 fully saturated rings. The molecule has 0 saturated carbocycles. The zero-order valence-corrected chi connectivity index (χ0v) is 15.1. The summed E-state index contributed by atoms with van der Waals surface area (Å²) < 4.78 is 0. The van der Waals surface area contributed by atoms with Crippen molar-refractivity contribution in [2.24, 2.45) is 5.92 Å². The predicted octanol–water partition coefficient (Wildman–Crippen LogP) is 1.84. The molecule has 132 valence electrons. The van der Waals surface area contributed by atoms with E-state index in [2.05, 4.69) is 12.2 Å². The minimum atomic E-state index is -0.200. The molecular formula is C18H26ClN3O2. The third kappa shape index (κ3) is 3.73. The molecule has 0 spiro atoms. The second kappa shape index (κ2) is 7.99. The fourth-order valence-corrected chi connectivity index (χ4v) is 3.59. The molecule has 0 aromatic heterocycles. The third-order valence-electron chi connectivity index (χ3n) is 5.04. The minimum absolute atomic E-state index is 0. The van der Waals surface area contributed by atoms with Gasteiger partial charge in [-0.1, -0.05) is 30.3 Å². The van der Waals surface area contributed by atoms with Crippen molar-refractivity contribution in [3.63, 3.8) is 0 Å². The number of nitrogens with zero attached hydrogens (tertiary/aromatic N) is 2. The van der Waals surface area contributed by atoms with Gasteiger partial charge in [-0.15, -0.1) is 12.4 Å². The molecule has 3 rings (SSSR count). The standard InChI is InChI=1S/C18H25N3O2.ClH/c1-13-11-19-8-9-20(13)18(23)16-10-17(22)21(12-16)14(2)15-6-4-3-5-7-15;/h3-7,13-14,16,19H,8-12H2,1-2H3;1H. The van der Waals surface area contributed by atoms with Crippen LogP contribution < -0.4 is 5.32 Å². The highest BCUT2D eigenvalue weighted by atomic mass is 35.5. The SMILES string of the molecule is CC1CNCCN1C(=O)C1CC(=O)N(C(C)c2ccccc2)C1.Cl. The fraction of sp³-hybridized carbons (Fsp3) is 0.556. The summed E-state index contributed by atoms with van der Waals surface area (Å²) >= 11 is 0. The van der Waals surface area contributed by atoms with Crippen LogP contribution in [0.25, 0.3) is 0 Å². The van der Waals surface area contributed by atoms with Crippen LogP contribution in [0.3, 0.4) is 0 Å². The molecule has 24 heavy (non-hydrogen) atoms. The Balaban J connectivity index is 0.00000208. The largest absolute Gasteiger partial charge is 0.337 e. The van der Waals surface area contributed by atoms with E-state index in [0.717, 1.165) is 25.2 Å². The average Bonchev–Trinajstić information content (AvgIpc) is 2.96. The van der Waals surface area contributed by atoms with Crippen molar-refractivity contribution in [2.45, 2.75) is 32.4 Å². The topological polar surface area (TPSA) is 52.7 Å². The number of piperazine rings is 1. The Bertz CT molecular complexity index is 581. The molecule has 2 aliphatic rings. The first-order valence-electron chi connectivity index (χ1n) is 8.43. The van der Waals surface area contributed by atoms with Gasteiger partial charge in [-0.25, -0.2) is 0 Å². The maximum Gasteiger partial charge on any atom is 0.228 e. The van der Waals surface area contributed by atoms with Crippen LogP contribution in [0.2, 0.25) is 0 Å². The minimum Gasteiger partial charge on any atom is -0.337 e. The summed E-state index contributed by atoms with van der Waals surface area (Å²) in [6.07, 6.45) is 0.340. The number of rotatable bonds is 3. The van der Waals surface area contributed by atoms with Crippen LogP contribution >= 0.6 is 12.4 Å². The van der Waals surface area contributed by atoms with Gasteiger partial charge in [0.2, 0.25) is 11.8 Å². The molecule has 2 aliphatic heterocycles. The normalized spacial score (nSPS) is 25.3. The van der Waals surface area contributed by atoms with Crippen molar-refractivity contribution in [1.82, 2.24) is 15.1 Å². The Kier molecular flexibility index (Phi) is 6.24. The summed E-state index contributed by atoms with van der Waals surface area (Å²) in [4.78, 5) is 29.0. The van der Waals surface area contributed by atoms with Gasteiger partial charge in [0.25, 0.3) is 0 Å². The average molecular weight is 352 g/mol. The first-order valence-corrected chi connectivity index (χ1v) is 8.43. The van der Waals surface area contributed by atoms with Gasteiger partial charge in [0.1, 0.15) is 0 Å². The van der Waals surface area contributed by atoms with Crippen LogP contribution in [0.15, 0.2) is 30.3 Å². The van der Waals surface area contributed by atoms with Crippen molar-refractivity contribution < 1.29 is 9.59 Å². The summed E-state index contributed by atoms with van der Waals surface area (Å²) in [5.74, 6) is 0.0202. The van der Waals surface area contributed by atoms with E-state index in [1.54, 1.807) is 0 Å². The molecule has 6 heteroatoms. The number of likely N-dealkylation sites (tertiary alicyclic amines) is 1. The highest BCUT2D eigenvalue weighted by Crippen LogP contribution is 2.29. The number of carbonyl (C=O) groups excluding carboxylic acids is 2. The number of nitrogens with one attached hydrogen (secondary N) is 1. The van der Waals surface area contributed by atoms with E-state index in [-0.39, 0.29) is 42.2 Å². The lowest BCUT2D eigenvalue weighted by Gasteiger charge is -2.35. The lowest BCUT2D eigenvalue weighted by molar-refractivity contribution is -0.138. The Morgan fingerprint density at radius 3 is 2.67 bits per heavy atom. The molecule has 0 radical (unpaired) electrons. The van der Waals surface area contributed by atoms with Crippen LogP contribution in [-0.2, 0) is 9.59 Å². The maximum absolute atomic E-state index is 12.8. The summed E-state index contributed by atoms with van der Waals surface area (Å²) in [5, 5.41) is 3.30. The van der Waals surface area contributed by atoms with Crippen molar-refractivity contribution in [3.05, 3.63) is 35.9 Å². The van der Waals surface area contributed by atoms with Gasteiger partial charge in [0.15, 0.2) is 0 Å². The molecule has 2 saturated heterocycles. The maximum atomic E-state index is 12.8. The lowest BCUT2D eigenvalue weighted by Crippen LogP contribution is -2.54. The second-order valence-corrected chi connectivity index (χ2v) is 6.62. The molecule has 2 amide bonds. The highest BCUT2D eigenvalue weighted by molar-refractivity contribution is 5.89. The Hall–Kier alpha value is -1.59. The first-order chi connectivity index (χ1) is 11.1. The highest BCUT2D eigenvalue weighted by Gasteiger charge is 2.39. The molecule has 1 aromatic carbocycles. The summed E-state index contributed by atoms with van der Waals surface area (Å²) in [6.45, 7) is 7.03. The van der Waals surface area contributed by atoms with E-state index < -0.39 is 0 Å². The van der Waals surface area contributed by atoms with Crippen LogP contribution in [-0.4, -0.2) is 53.8 Å². The quantitative estimate of drug-likeness (QED) is 0.904. The smallest absolute Gasteiger partial charge is 0.228 e. The van der Waals surface area contributed by atoms with Crippen molar-refractivity contribution in [2.75, 3.05) is 26.2 Å². The van der Waals surface area contributed by atoms with Crippen LogP contribution in [0.5, 0.6) is 0 Å². The van der Waals surface area contributed by atoms with Gasteiger partial charge >= 0.3 is 0 Å². The van der Waals surface area contributed by atoms with Gasteiger partial charge < -0.3 is 15.1 Å². The summed E-state index contributed by atoms with van der Waals surface area (Å²) in [7, 11) is 0. The number of hydrogen-bond acceptors (Lipinski definition) is 3. The summed E-state index contributed by atoms with van der Waals surface area (Å²) in [5.41, 5.74) is 1.12. The van der Waals surface area contributed by atoms with Gasteiger partial charge in [-0.2, -0.15) is 0 Å². The van der Waals surface area contributed by atoms with E-state index in [9.17, 15) is 9.59 Å². The number of carbonyl (C=O) groups is 2. The third-order valence-corrected chi connectivity index (χ3v) is 5.04. The Morgan fingerprint density at radius 2 is 2.00 bits per heavy atom. The Morgan fingerprint density at radius 1 is 1.29 bits per heavy atom. The molecule has 3 unspecified atom stereocenters. The molecular weight excluding hydrogens is 326 g/mol. The lowest BCUT2D eigenvalue weighted by atomic mass is 10.0. The predicted molar refractivity (Wildman–Crippen MR) is 96.0 cm³/mol. The number of hydrogen-bond donors (Lipinski definition) is 1. The zero-order valence-electron chi connectivity index (χ0n) is 14.3. The first kappa shape index (κ1) is 18.7. The molecule has 2 heterocycles. The van der Waals surface area contributed by atoms with E-state index in [1.165, 1.54) is 0 Å². The van der Waals surface area contributed by atoms with Gasteiger partial charge in [0.05, 0.1) is 12.0 Å². The zero-order chi connectivity index (χ0) is 16.4. The number of halogens is 1. The molecule has 0 bridgehead atoms. The summed E-state index contributed by atoms with van der Waals surface area (Å²) in [6, 6.07) is 10.2. The monoisotopic (exact) mass is 351 g/mol. The van der Waals surface area contributed by atoms with Crippen molar-refractivity contribution in [3.8, 4) is 0 Å². The molecule has 5 nitrogen and oxygen atoms in total. The van der Waals surface area contributed by atoms with E-state index in [1.807, 2.05) is 47.1 Å². The molecule has 1 N–H and O–H groups in total. The second-order valence-electron chi connectivity index (χ2n) is 6.62.